The van der Waals surface area contributed by atoms with Gasteiger partial charge in [0.25, 0.3) is 0 Å². The van der Waals surface area contributed by atoms with Crippen LogP contribution in [0.25, 0.3) is 17.2 Å². The van der Waals surface area contributed by atoms with Gasteiger partial charge in [-0.1, -0.05) is 18.2 Å². The number of ether oxygens (including phenoxy) is 1. The van der Waals surface area contributed by atoms with Crippen LogP contribution in [0, 0.1) is 20.8 Å². The Morgan fingerprint density at radius 3 is 2.58 bits per heavy atom. The molecule has 5 heteroatoms. The van der Waals surface area contributed by atoms with E-state index in [2.05, 4.69) is 4.98 Å². The number of para-hydroxylation sites is 2. The maximum atomic E-state index is 12.3. The van der Waals surface area contributed by atoms with E-state index in [9.17, 15) is 9.59 Å². The van der Waals surface area contributed by atoms with Crippen molar-refractivity contribution in [3.05, 3.63) is 70.6 Å². The molecule has 0 saturated heterocycles. The van der Waals surface area contributed by atoms with E-state index in [1.807, 2.05) is 51.1 Å². The summed E-state index contributed by atoms with van der Waals surface area (Å²) in [6.45, 7) is 5.50. The van der Waals surface area contributed by atoms with Crippen LogP contribution in [0.4, 0.5) is 0 Å². The van der Waals surface area contributed by atoms with Gasteiger partial charge in [0.2, 0.25) is 11.7 Å². The summed E-state index contributed by atoms with van der Waals surface area (Å²) in [5, 5.41) is 0. The van der Waals surface area contributed by atoms with E-state index in [0.717, 1.165) is 16.7 Å². The molecule has 2 aromatic carbocycles. The zero-order valence-electron chi connectivity index (χ0n) is 14.9. The molecule has 0 aliphatic rings. The van der Waals surface area contributed by atoms with Gasteiger partial charge >= 0.3 is 5.97 Å². The van der Waals surface area contributed by atoms with Crippen molar-refractivity contribution in [1.82, 2.24) is 4.98 Å². The van der Waals surface area contributed by atoms with Crippen LogP contribution in [-0.2, 0) is 9.53 Å². The third-order valence-corrected chi connectivity index (χ3v) is 4.16. The highest BCUT2D eigenvalue weighted by atomic mass is 16.5. The Balaban J connectivity index is 1.61. The first-order valence-electron chi connectivity index (χ1n) is 8.25. The highest BCUT2D eigenvalue weighted by Crippen LogP contribution is 2.17. The van der Waals surface area contributed by atoms with Gasteiger partial charge < -0.3 is 9.15 Å². The minimum atomic E-state index is -0.623. The standard InChI is InChI=1S/C21H19NO4/c1-13-10-15(3)16(11-14(13)2)18(23)12-25-21(24)9-8-20-22-17-6-4-5-7-19(17)26-20/h4-11H,12H2,1-3H3. The average Bonchev–Trinajstić information content (AvgIpc) is 3.04. The molecule has 0 unspecified atom stereocenters. The van der Waals surface area contributed by atoms with Crippen molar-refractivity contribution in [2.75, 3.05) is 6.61 Å². The van der Waals surface area contributed by atoms with E-state index in [1.165, 1.54) is 12.2 Å². The van der Waals surface area contributed by atoms with Crippen molar-refractivity contribution in [2.24, 2.45) is 0 Å². The summed E-state index contributed by atoms with van der Waals surface area (Å²) in [4.78, 5) is 28.4. The number of rotatable bonds is 5. The topological polar surface area (TPSA) is 69.4 Å². The first-order valence-corrected chi connectivity index (χ1v) is 8.25. The molecule has 0 atom stereocenters. The molecule has 0 saturated carbocycles. The van der Waals surface area contributed by atoms with Gasteiger partial charge in [0.1, 0.15) is 5.52 Å². The predicted molar refractivity (Wildman–Crippen MR) is 99.0 cm³/mol. The summed E-state index contributed by atoms with van der Waals surface area (Å²) >= 11 is 0. The Morgan fingerprint density at radius 2 is 1.81 bits per heavy atom. The highest BCUT2D eigenvalue weighted by Gasteiger charge is 2.13. The van der Waals surface area contributed by atoms with Crippen LogP contribution in [0.3, 0.4) is 0 Å². The van der Waals surface area contributed by atoms with Crippen molar-refractivity contribution in [2.45, 2.75) is 20.8 Å². The van der Waals surface area contributed by atoms with Crippen molar-refractivity contribution in [3.8, 4) is 0 Å². The predicted octanol–water partition coefficient (Wildman–Crippen LogP) is 4.19. The fourth-order valence-corrected chi connectivity index (χ4v) is 2.62. The van der Waals surface area contributed by atoms with Crippen molar-refractivity contribution >= 4 is 28.9 Å². The van der Waals surface area contributed by atoms with E-state index in [-0.39, 0.29) is 12.4 Å². The second-order valence-electron chi connectivity index (χ2n) is 6.14. The molecule has 1 aromatic heterocycles. The molecular formula is C21H19NO4. The Bertz CT molecular complexity index is 981. The third kappa shape index (κ3) is 3.88. The highest BCUT2D eigenvalue weighted by molar-refractivity contribution is 6.00. The number of esters is 1. The Morgan fingerprint density at radius 1 is 1.08 bits per heavy atom. The van der Waals surface area contributed by atoms with Crippen LogP contribution < -0.4 is 0 Å². The number of Topliss-reactive ketones (excluding diaryl/α,β-unsaturated/α-hetero) is 1. The molecule has 26 heavy (non-hydrogen) atoms. The van der Waals surface area contributed by atoms with Crippen molar-refractivity contribution in [1.29, 1.82) is 0 Å². The van der Waals surface area contributed by atoms with Gasteiger partial charge in [-0.25, -0.2) is 9.78 Å². The van der Waals surface area contributed by atoms with Gasteiger partial charge in [-0.15, -0.1) is 0 Å². The lowest BCUT2D eigenvalue weighted by atomic mass is 9.98. The number of hydrogen-bond acceptors (Lipinski definition) is 5. The first kappa shape index (κ1) is 17.6. The van der Waals surface area contributed by atoms with Crippen LogP contribution in [0.1, 0.15) is 32.9 Å². The lowest BCUT2D eigenvalue weighted by Gasteiger charge is -2.09. The molecule has 3 aromatic rings. The number of oxazole rings is 1. The van der Waals surface area contributed by atoms with Crippen molar-refractivity contribution in [3.63, 3.8) is 0 Å². The van der Waals surface area contributed by atoms with Gasteiger partial charge in [0, 0.05) is 17.7 Å². The molecule has 0 radical (unpaired) electrons. The zero-order chi connectivity index (χ0) is 18.7. The summed E-state index contributed by atoms with van der Waals surface area (Å²) < 4.78 is 10.5. The maximum Gasteiger partial charge on any atom is 0.331 e. The largest absolute Gasteiger partial charge is 0.454 e. The van der Waals surface area contributed by atoms with Crippen molar-refractivity contribution < 1.29 is 18.7 Å². The summed E-state index contributed by atoms with van der Waals surface area (Å²) in [5.74, 6) is -0.546. The maximum absolute atomic E-state index is 12.3. The molecular weight excluding hydrogens is 330 g/mol. The lowest BCUT2D eigenvalue weighted by Crippen LogP contribution is -2.14. The van der Waals surface area contributed by atoms with E-state index in [1.54, 1.807) is 6.07 Å². The van der Waals surface area contributed by atoms with Gasteiger partial charge in [0.05, 0.1) is 0 Å². The van der Waals surface area contributed by atoms with E-state index >= 15 is 0 Å². The van der Waals surface area contributed by atoms with Crippen LogP contribution in [0.15, 0.2) is 46.9 Å². The lowest BCUT2D eigenvalue weighted by molar-refractivity contribution is -0.136. The van der Waals surface area contributed by atoms with E-state index in [0.29, 0.717) is 22.6 Å². The van der Waals surface area contributed by atoms with Crippen LogP contribution in [0.5, 0.6) is 0 Å². The first-order chi connectivity index (χ1) is 12.4. The van der Waals surface area contributed by atoms with Crippen LogP contribution in [0.2, 0.25) is 0 Å². The van der Waals surface area contributed by atoms with E-state index < -0.39 is 5.97 Å². The summed E-state index contributed by atoms with van der Waals surface area (Å²) in [5.41, 5.74) is 4.94. The summed E-state index contributed by atoms with van der Waals surface area (Å²) in [7, 11) is 0. The second-order valence-corrected chi connectivity index (χ2v) is 6.14. The van der Waals surface area contributed by atoms with Gasteiger partial charge in [-0.05, 0) is 55.7 Å². The number of carbonyl (C=O) groups is 2. The Labute approximate surface area is 151 Å². The van der Waals surface area contributed by atoms with Gasteiger partial charge in [-0.3, -0.25) is 4.79 Å². The zero-order valence-corrected chi connectivity index (χ0v) is 14.9. The van der Waals surface area contributed by atoms with Gasteiger partial charge in [0.15, 0.2) is 12.2 Å². The average molecular weight is 349 g/mol. The van der Waals surface area contributed by atoms with E-state index in [4.69, 9.17) is 9.15 Å². The van der Waals surface area contributed by atoms with Crippen LogP contribution >= 0.6 is 0 Å². The molecule has 0 aliphatic heterocycles. The number of aromatic nitrogens is 1. The molecule has 3 rings (SSSR count). The molecule has 0 fully saturated rings. The number of carbonyl (C=O) groups excluding carboxylic acids is 2. The second kappa shape index (κ2) is 7.35. The fourth-order valence-electron chi connectivity index (χ4n) is 2.62. The Hall–Kier alpha value is -3.21. The van der Waals surface area contributed by atoms with Crippen LogP contribution in [-0.4, -0.2) is 23.3 Å². The smallest absolute Gasteiger partial charge is 0.331 e. The molecule has 0 amide bonds. The number of aryl methyl sites for hydroxylation is 3. The number of fused-ring (bicyclic) bond motifs is 1. The number of ketones is 1. The quantitative estimate of drug-likeness (QED) is 0.392. The number of hydrogen-bond donors (Lipinski definition) is 0. The molecule has 1 heterocycles. The fraction of sp³-hybridized carbons (Fsp3) is 0.190. The summed E-state index contributed by atoms with van der Waals surface area (Å²) in [6.07, 6.45) is 2.62. The molecule has 5 nitrogen and oxygen atoms in total. The molecule has 0 aliphatic carbocycles. The normalized spacial score (nSPS) is 11.2. The minimum absolute atomic E-state index is 0.228. The Kier molecular flexibility index (Phi) is 4.98. The number of nitrogens with zero attached hydrogens (tertiary/aromatic N) is 1. The van der Waals surface area contributed by atoms with Gasteiger partial charge in [-0.2, -0.15) is 0 Å². The molecule has 0 N–H and O–H groups in total. The monoisotopic (exact) mass is 349 g/mol. The third-order valence-electron chi connectivity index (χ3n) is 4.16. The molecule has 0 bridgehead atoms. The summed E-state index contributed by atoms with van der Waals surface area (Å²) in [6, 6.07) is 11.1. The SMILES string of the molecule is Cc1cc(C)c(C(=O)COC(=O)C=Cc2nc3ccccc3o2)cc1C. The molecule has 132 valence electrons. The number of benzene rings is 2. The molecule has 0 spiro atoms. The minimum Gasteiger partial charge on any atom is -0.454 e.